The first-order valence-electron chi connectivity index (χ1n) is 8.27. The molecule has 0 bridgehead atoms. The third-order valence-electron chi connectivity index (χ3n) is 3.90. The van der Waals surface area contributed by atoms with Crippen molar-refractivity contribution in [1.82, 2.24) is 14.8 Å². The number of amides is 1. The Bertz CT molecular complexity index is 770. The summed E-state index contributed by atoms with van der Waals surface area (Å²) in [5.41, 5.74) is 1.19. The minimum Gasteiger partial charge on any atom is -0.354 e. The number of ketones is 1. The van der Waals surface area contributed by atoms with Crippen LogP contribution in [0.1, 0.15) is 13.3 Å². The summed E-state index contributed by atoms with van der Waals surface area (Å²) >= 11 is 8.86. The van der Waals surface area contributed by atoms with Crippen LogP contribution in [0, 0.1) is 18.4 Å². The quantitative estimate of drug-likeness (QED) is 0.425. The van der Waals surface area contributed by atoms with Gasteiger partial charge in [0.05, 0.1) is 18.1 Å². The van der Waals surface area contributed by atoms with Crippen LogP contribution in [-0.2, 0) is 9.59 Å². The highest BCUT2D eigenvalue weighted by Crippen LogP contribution is 2.28. The Morgan fingerprint density at radius 1 is 1.37 bits per heavy atom. The van der Waals surface area contributed by atoms with Crippen molar-refractivity contribution in [3.05, 3.63) is 48.4 Å². The maximum atomic E-state index is 13.1. The van der Waals surface area contributed by atoms with Gasteiger partial charge in [-0.1, -0.05) is 11.6 Å². The third kappa shape index (κ3) is 5.49. The lowest BCUT2D eigenvalue weighted by Gasteiger charge is -2.25. The van der Waals surface area contributed by atoms with Gasteiger partial charge in [0.1, 0.15) is 17.4 Å². The standard InChI is InChI=1S/C18H21ClN4O2S2/c1-4-22(18(25)14(12-27-3)16(24)7-9-26-2)15-11-23(21-17(15)19)13-6-5-8-20-10-13/h5-6,8,10-11,14H,2-4,7,9,12H2,1H3/q-2. The van der Waals surface area contributed by atoms with Crippen LogP contribution < -0.4 is 4.90 Å². The number of halogens is 1. The Balaban J connectivity index is 2.30. The number of pyridine rings is 1. The summed E-state index contributed by atoms with van der Waals surface area (Å²) in [6.45, 7) is 2.20. The fourth-order valence-electron chi connectivity index (χ4n) is 2.55. The fraction of sp³-hybridized carbons (Fsp3) is 0.333. The molecule has 2 aromatic rings. The van der Waals surface area contributed by atoms with Crippen LogP contribution in [0.25, 0.3) is 5.69 Å². The van der Waals surface area contributed by atoms with Crippen molar-refractivity contribution in [2.45, 2.75) is 13.3 Å². The number of aromatic nitrogens is 3. The SMILES string of the molecule is [CH2-]SCCC(=O)C(CS[CH2-])C(=O)N(CC)c1cn(-c2cccnc2)nc1Cl. The summed E-state index contributed by atoms with van der Waals surface area (Å²) in [5.74, 6) is -0.264. The van der Waals surface area contributed by atoms with Crippen LogP contribution in [0.5, 0.6) is 0 Å². The molecule has 0 aromatic carbocycles. The Labute approximate surface area is 173 Å². The lowest BCUT2D eigenvalue weighted by atomic mass is 10.0. The van der Waals surface area contributed by atoms with E-state index in [2.05, 4.69) is 22.6 Å². The summed E-state index contributed by atoms with van der Waals surface area (Å²) in [6, 6.07) is 3.62. The molecule has 1 amide bonds. The van der Waals surface area contributed by atoms with Crippen molar-refractivity contribution in [3.63, 3.8) is 0 Å². The molecule has 2 heterocycles. The molecule has 27 heavy (non-hydrogen) atoms. The molecule has 0 spiro atoms. The van der Waals surface area contributed by atoms with Crippen LogP contribution in [0.4, 0.5) is 5.69 Å². The number of Topliss-reactive ketones (excluding diaryl/α,β-unsaturated/α-hetero) is 1. The highest BCUT2D eigenvalue weighted by molar-refractivity contribution is 8.00. The molecule has 1 atom stereocenters. The van der Waals surface area contributed by atoms with Crippen molar-refractivity contribution >= 4 is 52.5 Å². The van der Waals surface area contributed by atoms with Gasteiger partial charge in [0.2, 0.25) is 5.91 Å². The van der Waals surface area contributed by atoms with Gasteiger partial charge in [0.25, 0.3) is 0 Å². The van der Waals surface area contributed by atoms with E-state index < -0.39 is 5.92 Å². The molecule has 0 saturated carbocycles. The lowest BCUT2D eigenvalue weighted by molar-refractivity contribution is -0.131. The van der Waals surface area contributed by atoms with Gasteiger partial charge in [-0.15, -0.1) is 0 Å². The molecular weight excluding hydrogens is 404 g/mol. The van der Waals surface area contributed by atoms with Crippen LogP contribution in [0.15, 0.2) is 30.7 Å². The van der Waals surface area contributed by atoms with E-state index in [9.17, 15) is 9.59 Å². The second kappa shape index (κ2) is 10.7. The van der Waals surface area contributed by atoms with Crippen molar-refractivity contribution in [2.75, 3.05) is 23.0 Å². The summed E-state index contributed by atoms with van der Waals surface area (Å²) in [7, 11) is 0. The van der Waals surface area contributed by atoms with Gasteiger partial charge in [-0.05, 0) is 30.6 Å². The number of rotatable bonds is 10. The van der Waals surface area contributed by atoms with Gasteiger partial charge < -0.3 is 28.4 Å². The van der Waals surface area contributed by atoms with E-state index in [1.165, 1.54) is 28.4 Å². The third-order valence-corrected chi connectivity index (χ3v) is 5.23. The number of anilines is 1. The average Bonchev–Trinajstić information content (AvgIpc) is 3.07. The highest BCUT2D eigenvalue weighted by atomic mass is 35.5. The number of hydrogen-bond donors (Lipinski definition) is 0. The molecule has 6 nitrogen and oxygen atoms in total. The molecule has 0 aliphatic rings. The predicted molar refractivity (Wildman–Crippen MR) is 113 cm³/mol. The topological polar surface area (TPSA) is 68.1 Å². The minimum absolute atomic E-state index is 0.110. The summed E-state index contributed by atoms with van der Waals surface area (Å²) in [4.78, 5) is 31.2. The number of hydrogen-bond acceptors (Lipinski definition) is 6. The van der Waals surface area contributed by atoms with Crippen LogP contribution in [-0.4, -0.2) is 44.5 Å². The van der Waals surface area contributed by atoms with E-state index in [0.29, 0.717) is 30.2 Å². The molecule has 146 valence electrons. The zero-order chi connectivity index (χ0) is 19.8. The minimum atomic E-state index is -0.766. The number of nitrogens with zero attached hydrogens (tertiary/aromatic N) is 4. The molecule has 0 N–H and O–H groups in total. The van der Waals surface area contributed by atoms with Gasteiger partial charge in [0.15, 0.2) is 5.15 Å². The first-order chi connectivity index (χ1) is 13.0. The van der Waals surface area contributed by atoms with E-state index in [0.717, 1.165) is 5.69 Å². The van der Waals surface area contributed by atoms with E-state index in [1.807, 2.05) is 13.0 Å². The fourth-order valence-corrected chi connectivity index (χ4v) is 3.69. The van der Waals surface area contributed by atoms with Gasteiger partial charge >= 0.3 is 0 Å². The van der Waals surface area contributed by atoms with E-state index >= 15 is 0 Å². The van der Waals surface area contributed by atoms with Gasteiger partial charge in [0, 0.05) is 19.2 Å². The van der Waals surface area contributed by atoms with Gasteiger partial charge in [-0.2, -0.15) is 5.10 Å². The second-order valence-corrected chi connectivity index (χ2v) is 7.51. The number of carbonyl (C=O) groups excluding carboxylic acids is 2. The Kier molecular flexibility index (Phi) is 8.66. The summed E-state index contributed by atoms with van der Waals surface area (Å²) in [6.07, 6.45) is 12.7. The van der Waals surface area contributed by atoms with Crippen LogP contribution in [0.2, 0.25) is 5.15 Å². The summed E-state index contributed by atoms with van der Waals surface area (Å²) in [5, 5.41) is 4.46. The van der Waals surface area contributed by atoms with Crippen LogP contribution in [0.3, 0.4) is 0 Å². The number of thioether (sulfide) groups is 2. The normalized spacial score (nSPS) is 12.0. The molecule has 1 unspecified atom stereocenters. The second-order valence-electron chi connectivity index (χ2n) is 5.59. The largest absolute Gasteiger partial charge is 0.354 e. The van der Waals surface area contributed by atoms with E-state index in [1.54, 1.807) is 29.3 Å². The first-order valence-corrected chi connectivity index (χ1v) is 11.0. The molecular formula is C18H21ClN4O2S2-2. The maximum Gasteiger partial charge on any atom is 0.238 e. The molecule has 2 aromatic heterocycles. The lowest BCUT2D eigenvalue weighted by Crippen LogP contribution is -2.41. The smallest absolute Gasteiger partial charge is 0.238 e. The Hall–Kier alpha value is -1.51. The zero-order valence-electron chi connectivity index (χ0n) is 15.0. The monoisotopic (exact) mass is 424 g/mol. The Morgan fingerprint density at radius 2 is 2.15 bits per heavy atom. The van der Waals surface area contributed by atoms with E-state index in [-0.39, 0.29) is 16.8 Å². The first kappa shape index (κ1) is 21.8. The molecule has 0 saturated heterocycles. The predicted octanol–water partition coefficient (Wildman–Crippen LogP) is 3.90. The zero-order valence-corrected chi connectivity index (χ0v) is 17.4. The Morgan fingerprint density at radius 3 is 2.74 bits per heavy atom. The molecule has 0 fully saturated rings. The van der Waals surface area contributed by atoms with Crippen molar-refractivity contribution < 1.29 is 9.59 Å². The molecule has 9 heteroatoms. The van der Waals surface area contributed by atoms with Crippen molar-refractivity contribution in [3.8, 4) is 5.69 Å². The molecule has 0 radical (unpaired) electrons. The van der Waals surface area contributed by atoms with Gasteiger partial charge in [-0.25, -0.2) is 4.68 Å². The van der Waals surface area contributed by atoms with Gasteiger partial charge in [-0.3, -0.25) is 27.1 Å². The average molecular weight is 425 g/mol. The molecule has 2 rings (SSSR count). The van der Waals surface area contributed by atoms with Crippen molar-refractivity contribution in [2.24, 2.45) is 5.92 Å². The maximum absolute atomic E-state index is 13.1. The van der Waals surface area contributed by atoms with Crippen LogP contribution >= 0.6 is 35.1 Å². The summed E-state index contributed by atoms with van der Waals surface area (Å²) < 4.78 is 1.56. The number of carbonyl (C=O) groups is 2. The molecule has 0 aliphatic carbocycles. The molecule has 0 aliphatic heterocycles. The van der Waals surface area contributed by atoms with E-state index in [4.69, 9.17) is 11.6 Å². The highest BCUT2D eigenvalue weighted by Gasteiger charge is 2.31. The van der Waals surface area contributed by atoms with Crippen molar-refractivity contribution in [1.29, 1.82) is 0 Å².